The smallest absolute Gasteiger partial charge is 0.193 e. The Balaban J connectivity index is 0.000000588. The SMILES string of the molecule is CC=C(C)C.O=C(c1ccccc1)c1ccc(Sc2ccc(SC3=CCCC=C3)cc2)c(Cl)c1. The number of benzene rings is 3. The zero-order valence-corrected chi connectivity index (χ0v) is 22.1. The Labute approximate surface area is 217 Å². The van der Waals surface area contributed by atoms with Gasteiger partial charge < -0.3 is 0 Å². The molecule has 4 heteroatoms. The molecule has 174 valence electrons. The van der Waals surface area contributed by atoms with Crippen LogP contribution in [0.25, 0.3) is 0 Å². The lowest BCUT2D eigenvalue weighted by molar-refractivity contribution is 0.103. The number of ketones is 1. The first-order valence-electron chi connectivity index (χ1n) is 11.3. The lowest BCUT2D eigenvalue weighted by atomic mass is 10.0. The maximum absolute atomic E-state index is 12.6. The van der Waals surface area contributed by atoms with Crippen molar-refractivity contribution in [1.82, 2.24) is 0 Å². The number of rotatable bonds is 6. The Morgan fingerprint density at radius 2 is 1.50 bits per heavy atom. The van der Waals surface area contributed by atoms with E-state index in [-0.39, 0.29) is 5.78 Å². The second-order valence-corrected chi connectivity index (χ2v) is 10.6. The molecule has 0 bridgehead atoms. The lowest BCUT2D eigenvalue weighted by Crippen LogP contribution is -2.00. The van der Waals surface area contributed by atoms with Gasteiger partial charge in [-0.25, -0.2) is 0 Å². The normalized spacial score (nSPS) is 12.3. The largest absolute Gasteiger partial charge is 0.289 e. The molecule has 0 unspecified atom stereocenters. The first-order chi connectivity index (χ1) is 16.5. The van der Waals surface area contributed by atoms with Gasteiger partial charge in [0.05, 0.1) is 5.02 Å². The van der Waals surface area contributed by atoms with Gasteiger partial charge in [-0.1, -0.05) is 95.3 Å². The van der Waals surface area contributed by atoms with E-state index in [1.54, 1.807) is 29.6 Å². The quantitative estimate of drug-likeness (QED) is 0.245. The highest BCUT2D eigenvalue weighted by Gasteiger charge is 2.12. The fourth-order valence-corrected chi connectivity index (χ4v) is 5.01. The van der Waals surface area contributed by atoms with E-state index in [4.69, 9.17) is 11.6 Å². The molecule has 4 rings (SSSR count). The molecule has 0 fully saturated rings. The van der Waals surface area contributed by atoms with Gasteiger partial charge in [-0.15, -0.1) is 0 Å². The molecule has 0 aromatic heterocycles. The minimum Gasteiger partial charge on any atom is -0.289 e. The number of allylic oxidation sites excluding steroid dienone is 5. The summed E-state index contributed by atoms with van der Waals surface area (Å²) in [5.41, 5.74) is 2.65. The number of halogens is 1. The highest BCUT2D eigenvalue weighted by atomic mass is 35.5. The minimum absolute atomic E-state index is 0.0171. The topological polar surface area (TPSA) is 17.1 Å². The van der Waals surface area contributed by atoms with Crippen molar-refractivity contribution in [1.29, 1.82) is 0 Å². The highest BCUT2D eigenvalue weighted by Crippen LogP contribution is 2.36. The van der Waals surface area contributed by atoms with Crippen molar-refractivity contribution in [3.8, 4) is 0 Å². The Bertz CT molecular complexity index is 1190. The number of carbonyl (C=O) groups excluding carboxylic acids is 1. The molecule has 0 aliphatic heterocycles. The molecule has 1 aliphatic rings. The van der Waals surface area contributed by atoms with E-state index in [1.807, 2.05) is 49.4 Å². The standard InChI is InChI=1S/C25H19ClOS2.C5H10/c26-23-17-19(25(27)18-7-3-1-4-8-18)11-16-24(23)29-22-14-12-21(13-15-22)28-20-9-5-2-6-10-20;1-4-5(2)3/h1,3-5,7-17H,2,6H2;4H,1-3H3. The van der Waals surface area contributed by atoms with Gasteiger partial charge >= 0.3 is 0 Å². The van der Waals surface area contributed by atoms with Crippen LogP contribution in [0, 0.1) is 0 Å². The molecule has 3 aromatic rings. The molecule has 1 aliphatic carbocycles. The summed E-state index contributed by atoms with van der Waals surface area (Å²) in [5.74, 6) is -0.0171. The zero-order chi connectivity index (χ0) is 24.3. The second kappa shape index (κ2) is 13.4. The van der Waals surface area contributed by atoms with Gasteiger partial charge in [0.2, 0.25) is 0 Å². The van der Waals surface area contributed by atoms with E-state index >= 15 is 0 Å². The number of hydrogen-bond acceptors (Lipinski definition) is 3. The summed E-state index contributed by atoms with van der Waals surface area (Å²) < 4.78 is 0. The van der Waals surface area contributed by atoms with Crippen molar-refractivity contribution in [2.75, 3.05) is 0 Å². The highest BCUT2D eigenvalue weighted by molar-refractivity contribution is 8.03. The van der Waals surface area contributed by atoms with Crippen LogP contribution >= 0.6 is 35.1 Å². The van der Waals surface area contributed by atoms with Crippen LogP contribution in [0.1, 0.15) is 49.5 Å². The van der Waals surface area contributed by atoms with Crippen molar-refractivity contribution < 1.29 is 4.79 Å². The number of hydrogen-bond donors (Lipinski definition) is 0. The van der Waals surface area contributed by atoms with E-state index in [2.05, 4.69) is 62.4 Å². The van der Waals surface area contributed by atoms with Crippen molar-refractivity contribution in [3.05, 3.63) is 124 Å². The zero-order valence-electron chi connectivity index (χ0n) is 19.8. The summed E-state index contributed by atoms with van der Waals surface area (Å²) in [6.07, 6.45) is 11.0. The van der Waals surface area contributed by atoms with E-state index in [0.717, 1.165) is 22.6 Å². The van der Waals surface area contributed by atoms with Crippen LogP contribution < -0.4 is 0 Å². The minimum atomic E-state index is -0.0171. The molecule has 0 amide bonds. The third-order valence-electron chi connectivity index (χ3n) is 5.06. The van der Waals surface area contributed by atoms with E-state index in [0.29, 0.717) is 16.1 Å². The van der Waals surface area contributed by atoms with Crippen molar-refractivity contribution in [3.63, 3.8) is 0 Å². The van der Waals surface area contributed by atoms with Gasteiger partial charge in [-0.3, -0.25) is 4.79 Å². The summed E-state index contributed by atoms with van der Waals surface area (Å²) in [4.78, 5) is 17.2. The van der Waals surface area contributed by atoms with Crippen molar-refractivity contribution in [2.45, 2.75) is 48.3 Å². The second-order valence-electron chi connectivity index (χ2n) is 7.97. The maximum Gasteiger partial charge on any atom is 0.193 e. The summed E-state index contributed by atoms with van der Waals surface area (Å²) in [7, 11) is 0. The fourth-order valence-electron chi connectivity index (χ4n) is 2.98. The van der Waals surface area contributed by atoms with E-state index in [9.17, 15) is 4.79 Å². The first-order valence-corrected chi connectivity index (χ1v) is 13.3. The van der Waals surface area contributed by atoms with Crippen LogP contribution in [0.15, 0.2) is 122 Å². The monoisotopic (exact) mass is 504 g/mol. The number of carbonyl (C=O) groups is 1. The molecule has 0 heterocycles. The molecule has 0 saturated carbocycles. The molecule has 1 nitrogen and oxygen atoms in total. The average Bonchev–Trinajstić information content (AvgIpc) is 2.87. The predicted octanol–water partition coefficient (Wildman–Crippen LogP) is 10.0. The lowest BCUT2D eigenvalue weighted by Gasteiger charge is -2.09. The fraction of sp³-hybridized carbons (Fsp3) is 0.167. The van der Waals surface area contributed by atoms with Crippen LogP contribution in [0.5, 0.6) is 0 Å². The summed E-state index contributed by atoms with van der Waals surface area (Å²) in [6, 6.07) is 23.3. The molecule has 3 aromatic carbocycles. The van der Waals surface area contributed by atoms with Gasteiger partial charge in [-0.05, 0) is 76.1 Å². The van der Waals surface area contributed by atoms with Crippen LogP contribution in [0.4, 0.5) is 0 Å². The van der Waals surface area contributed by atoms with Gasteiger partial charge in [0.1, 0.15) is 0 Å². The van der Waals surface area contributed by atoms with Crippen LogP contribution in [-0.4, -0.2) is 5.78 Å². The molecule has 0 atom stereocenters. The molecular weight excluding hydrogens is 476 g/mol. The third-order valence-corrected chi connectivity index (χ3v) is 7.61. The molecule has 0 N–H and O–H groups in total. The molecular formula is C30H29ClOS2. The third kappa shape index (κ3) is 8.09. The van der Waals surface area contributed by atoms with Gasteiger partial charge in [0.25, 0.3) is 0 Å². The summed E-state index contributed by atoms with van der Waals surface area (Å²) in [6.45, 7) is 6.20. The Hall–Kier alpha value is -2.46. The van der Waals surface area contributed by atoms with Crippen LogP contribution in [-0.2, 0) is 0 Å². The van der Waals surface area contributed by atoms with Crippen molar-refractivity contribution in [2.24, 2.45) is 0 Å². The van der Waals surface area contributed by atoms with Gasteiger partial charge in [0.15, 0.2) is 5.78 Å². The maximum atomic E-state index is 12.6. The van der Waals surface area contributed by atoms with Crippen LogP contribution in [0.3, 0.4) is 0 Å². The Kier molecular flexibility index (Phi) is 10.3. The van der Waals surface area contributed by atoms with E-state index < -0.39 is 0 Å². The molecule has 0 radical (unpaired) electrons. The van der Waals surface area contributed by atoms with E-state index in [1.165, 1.54) is 15.4 Å². The Morgan fingerprint density at radius 1 is 0.853 bits per heavy atom. The van der Waals surface area contributed by atoms with Gasteiger partial charge in [-0.2, -0.15) is 0 Å². The average molecular weight is 505 g/mol. The predicted molar refractivity (Wildman–Crippen MR) is 149 cm³/mol. The number of thioether (sulfide) groups is 1. The van der Waals surface area contributed by atoms with Gasteiger partial charge in [0, 0.05) is 30.7 Å². The molecule has 0 spiro atoms. The first kappa shape index (κ1) is 26.2. The molecule has 34 heavy (non-hydrogen) atoms. The molecule has 0 saturated heterocycles. The van der Waals surface area contributed by atoms with Crippen molar-refractivity contribution >= 4 is 40.9 Å². The Morgan fingerprint density at radius 3 is 2.06 bits per heavy atom. The summed E-state index contributed by atoms with van der Waals surface area (Å²) >= 11 is 9.87. The summed E-state index contributed by atoms with van der Waals surface area (Å²) in [5, 5.41) is 0.590. The van der Waals surface area contributed by atoms with Crippen LogP contribution in [0.2, 0.25) is 5.02 Å².